The van der Waals surface area contributed by atoms with Crippen molar-refractivity contribution in [1.82, 2.24) is 9.88 Å². The summed E-state index contributed by atoms with van der Waals surface area (Å²) >= 11 is 0. The number of hydrogen-bond acceptors (Lipinski definition) is 4. The number of benzene rings is 2. The van der Waals surface area contributed by atoms with Crippen LogP contribution in [0.1, 0.15) is 30.6 Å². The zero-order chi connectivity index (χ0) is 19.7. The van der Waals surface area contributed by atoms with Gasteiger partial charge in [0.2, 0.25) is 5.89 Å². The number of amides is 1. The van der Waals surface area contributed by atoms with Crippen LogP contribution in [0.4, 0.5) is 0 Å². The maximum atomic E-state index is 13.3. The quantitative estimate of drug-likeness (QED) is 0.681. The molecule has 0 bridgehead atoms. The van der Waals surface area contributed by atoms with Crippen molar-refractivity contribution in [2.24, 2.45) is 11.1 Å². The van der Waals surface area contributed by atoms with Crippen LogP contribution >= 0.6 is 12.4 Å². The van der Waals surface area contributed by atoms with Crippen LogP contribution in [-0.2, 0) is 0 Å². The molecule has 4 rings (SSSR count). The Morgan fingerprint density at radius 1 is 1.14 bits per heavy atom. The lowest BCUT2D eigenvalue weighted by atomic mass is 9.79. The standard InChI is InChI=1S/C23H25N3O2.ClH/c1-23(2)15-26(13-12-20(23)24)22(27)18-11-7-6-10-17(18)21-25-14-19(28-21)16-8-4-3-5-9-16;/h3-11,14,20H,12-13,15,24H2,1-2H3;1H. The van der Waals surface area contributed by atoms with Crippen molar-refractivity contribution in [2.75, 3.05) is 13.1 Å². The summed E-state index contributed by atoms with van der Waals surface area (Å²) in [4.78, 5) is 19.6. The van der Waals surface area contributed by atoms with Crippen LogP contribution in [-0.4, -0.2) is 34.9 Å². The highest BCUT2D eigenvalue weighted by Crippen LogP contribution is 2.32. The molecule has 2 N–H and O–H groups in total. The second-order valence-corrected chi connectivity index (χ2v) is 8.05. The Morgan fingerprint density at radius 3 is 2.55 bits per heavy atom. The predicted molar refractivity (Wildman–Crippen MR) is 117 cm³/mol. The Labute approximate surface area is 177 Å². The predicted octanol–water partition coefficient (Wildman–Crippen LogP) is 4.63. The van der Waals surface area contributed by atoms with Crippen molar-refractivity contribution < 1.29 is 9.21 Å². The largest absolute Gasteiger partial charge is 0.436 e. The molecule has 1 fully saturated rings. The zero-order valence-corrected chi connectivity index (χ0v) is 17.5. The molecule has 1 saturated heterocycles. The number of halogens is 1. The first kappa shape index (κ1) is 21.1. The molecule has 6 heteroatoms. The van der Waals surface area contributed by atoms with Crippen LogP contribution in [0.15, 0.2) is 65.2 Å². The first-order chi connectivity index (χ1) is 13.5. The minimum Gasteiger partial charge on any atom is -0.436 e. The van der Waals surface area contributed by atoms with Gasteiger partial charge in [-0.2, -0.15) is 0 Å². The lowest BCUT2D eigenvalue weighted by molar-refractivity contribution is 0.0533. The average Bonchev–Trinajstić information content (AvgIpc) is 3.20. The van der Waals surface area contributed by atoms with Crippen molar-refractivity contribution in [3.63, 3.8) is 0 Å². The third kappa shape index (κ3) is 4.21. The lowest BCUT2D eigenvalue weighted by Gasteiger charge is -2.42. The summed E-state index contributed by atoms with van der Waals surface area (Å²) in [5.41, 5.74) is 8.40. The summed E-state index contributed by atoms with van der Waals surface area (Å²) in [5.74, 6) is 1.13. The van der Waals surface area contributed by atoms with Crippen molar-refractivity contribution in [3.8, 4) is 22.8 Å². The Bertz CT molecular complexity index is 985. The number of aromatic nitrogens is 1. The van der Waals surface area contributed by atoms with Gasteiger partial charge < -0.3 is 15.1 Å². The molecule has 1 aliphatic rings. The first-order valence-corrected chi connectivity index (χ1v) is 9.61. The lowest BCUT2D eigenvalue weighted by Crippen LogP contribution is -2.54. The number of likely N-dealkylation sites (tertiary alicyclic amines) is 1. The van der Waals surface area contributed by atoms with Gasteiger partial charge in [0.1, 0.15) is 0 Å². The van der Waals surface area contributed by atoms with Crippen LogP contribution < -0.4 is 5.73 Å². The van der Waals surface area contributed by atoms with Gasteiger partial charge >= 0.3 is 0 Å². The number of carbonyl (C=O) groups excluding carboxylic acids is 1. The molecule has 1 amide bonds. The molecule has 0 saturated carbocycles. The third-order valence-corrected chi connectivity index (χ3v) is 5.55. The number of oxazole rings is 1. The molecule has 2 heterocycles. The van der Waals surface area contributed by atoms with Crippen molar-refractivity contribution in [3.05, 3.63) is 66.4 Å². The maximum absolute atomic E-state index is 13.3. The second-order valence-electron chi connectivity index (χ2n) is 8.05. The molecule has 0 spiro atoms. The van der Waals surface area contributed by atoms with Crippen molar-refractivity contribution in [2.45, 2.75) is 26.3 Å². The summed E-state index contributed by atoms with van der Waals surface area (Å²) in [6.45, 7) is 5.53. The van der Waals surface area contributed by atoms with Gasteiger partial charge in [-0.3, -0.25) is 4.79 Å². The van der Waals surface area contributed by atoms with E-state index in [0.29, 0.717) is 35.9 Å². The molecule has 5 nitrogen and oxygen atoms in total. The van der Waals surface area contributed by atoms with Gasteiger partial charge in [-0.15, -0.1) is 12.4 Å². The van der Waals surface area contributed by atoms with E-state index in [9.17, 15) is 4.79 Å². The fraction of sp³-hybridized carbons (Fsp3) is 0.304. The van der Waals surface area contributed by atoms with E-state index in [2.05, 4.69) is 18.8 Å². The van der Waals surface area contributed by atoms with Crippen LogP contribution in [0.3, 0.4) is 0 Å². The molecule has 0 aliphatic carbocycles. The summed E-state index contributed by atoms with van der Waals surface area (Å²) in [6, 6.07) is 17.4. The van der Waals surface area contributed by atoms with E-state index < -0.39 is 0 Å². The number of carbonyl (C=O) groups is 1. The molecule has 1 aliphatic heterocycles. The number of nitrogens with two attached hydrogens (primary N) is 1. The van der Waals surface area contributed by atoms with Crippen LogP contribution in [0.2, 0.25) is 0 Å². The topological polar surface area (TPSA) is 72.4 Å². The highest BCUT2D eigenvalue weighted by Gasteiger charge is 2.36. The molecule has 152 valence electrons. The average molecular weight is 412 g/mol. The fourth-order valence-corrected chi connectivity index (χ4v) is 3.71. The highest BCUT2D eigenvalue weighted by molar-refractivity contribution is 6.00. The van der Waals surface area contributed by atoms with Gasteiger partial charge in [0.15, 0.2) is 5.76 Å². The highest BCUT2D eigenvalue weighted by atomic mass is 35.5. The SMILES string of the molecule is CC1(C)CN(C(=O)c2ccccc2-c2ncc(-c3ccccc3)o2)CCC1N.Cl. The fourth-order valence-electron chi connectivity index (χ4n) is 3.71. The van der Waals surface area contributed by atoms with Gasteiger partial charge in [-0.25, -0.2) is 4.98 Å². The van der Waals surface area contributed by atoms with E-state index in [1.165, 1.54) is 0 Å². The number of nitrogens with zero attached hydrogens (tertiary/aromatic N) is 2. The molecule has 2 aromatic carbocycles. The van der Waals surface area contributed by atoms with Gasteiger partial charge in [0.05, 0.1) is 11.8 Å². The van der Waals surface area contributed by atoms with Gasteiger partial charge in [0, 0.05) is 30.3 Å². The Balaban J connectivity index is 0.00000240. The second kappa shape index (κ2) is 8.39. The first-order valence-electron chi connectivity index (χ1n) is 9.61. The minimum atomic E-state index is -0.105. The van der Waals surface area contributed by atoms with Crippen LogP contribution in [0, 0.1) is 5.41 Å². The van der Waals surface area contributed by atoms with Crippen LogP contribution in [0.25, 0.3) is 22.8 Å². The monoisotopic (exact) mass is 411 g/mol. The van der Waals surface area contributed by atoms with Gasteiger partial charge in [0.25, 0.3) is 5.91 Å². The van der Waals surface area contributed by atoms with E-state index in [1.807, 2.05) is 59.5 Å². The molecule has 1 unspecified atom stereocenters. The minimum absolute atomic E-state index is 0. The molecular formula is C23H26ClN3O2. The zero-order valence-electron chi connectivity index (χ0n) is 16.7. The number of rotatable bonds is 3. The molecule has 1 atom stereocenters. The Hall–Kier alpha value is -2.63. The van der Waals surface area contributed by atoms with Crippen molar-refractivity contribution in [1.29, 1.82) is 0 Å². The molecule has 3 aromatic rings. The molecule has 29 heavy (non-hydrogen) atoms. The third-order valence-electron chi connectivity index (χ3n) is 5.55. The maximum Gasteiger partial charge on any atom is 0.254 e. The molecular weight excluding hydrogens is 386 g/mol. The van der Waals surface area contributed by atoms with E-state index in [-0.39, 0.29) is 29.8 Å². The van der Waals surface area contributed by atoms with E-state index >= 15 is 0 Å². The normalized spacial score (nSPS) is 18.2. The van der Waals surface area contributed by atoms with Crippen molar-refractivity contribution >= 4 is 18.3 Å². The van der Waals surface area contributed by atoms with Crippen LogP contribution in [0.5, 0.6) is 0 Å². The Kier molecular flexibility index (Phi) is 6.10. The Morgan fingerprint density at radius 2 is 1.83 bits per heavy atom. The van der Waals surface area contributed by atoms with Gasteiger partial charge in [-0.1, -0.05) is 56.3 Å². The summed E-state index contributed by atoms with van der Waals surface area (Å²) in [7, 11) is 0. The number of hydrogen-bond donors (Lipinski definition) is 1. The summed E-state index contributed by atoms with van der Waals surface area (Å²) in [5, 5.41) is 0. The smallest absolute Gasteiger partial charge is 0.254 e. The van der Waals surface area contributed by atoms with E-state index in [0.717, 1.165) is 12.0 Å². The summed E-state index contributed by atoms with van der Waals surface area (Å²) < 4.78 is 5.99. The molecule has 0 radical (unpaired) electrons. The number of piperidine rings is 1. The van der Waals surface area contributed by atoms with Gasteiger partial charge in [-0.05, 0) is 24.0 Å². The van der Waals surface area contributed by atoms with E-state index in [1.54, 1.807) is 6.20 Å². The molecule has 1 aromatic heterocycles. The summed E-state index contributed by atoms with van der Waals surface area (Å²) in [6.07, 6.45) is 2.51. The van der Waals surface area contributed by atoms with E-state index in [4.69, 9.17) is 10.2 Å².